The van der Waals surface area contributed by atoms with E-state index in [9.17, 15) is 9.59 Å². The second-order valence-corrected chi connectivity index (χ2v) is 7.50. The molecule has 1 unspecified atom stereocenters. The third-order valence-corrected chi connectivity index (χ3v) is 3.58. The zero-order valence-electron chi connectivity index (χ0n) is 14.1. The number of hydrogen-bond acceptors (Lipinski definition) is 4. The van der Waals surface area contributed by atoms with Crippen molar-refractivity contribution in [2.45, 2.75) is 72.3 Å². The number of carbonyl (C=O) groups excluding carboxylic acids is 2. The zero-order chi connectivity index (χ0) is 16.0. The highest BCUT2D eigenvalue weighted by Gasteiger charge is 2.35. The summed E-state index contributed by atoms with van der Waals surface area (Å²) in [6, 6.07) is 0. The lowest BCUT2D eigenvalue weighted by Crippen LogP contribution is -2.35. The maximum Gasteiger partial charge on any atom is 0.320 e. The van der Waals surface area contributed by atoms with E-state index in [1.165, 1.54) is 12.8 Å². The minimum Gasteiger partial charge on any atom is -0.465 e. The molecule has 0 saturated heterocycles. The third kappa shape index (κ3) is 6.96. The van der Waals surface area contributed by atoms with Gasteiger partial charge >= 0.3 is 11.9 Å². The molecule has 0 N–H and O–H groups in total. The van der Waals surface area contributed by atoms with E-state index < -0.39 is 23.5 Å². The largest absolute Gasteiger partial charge is 0.465 e. The lowest BCUT2D eigenvalue weighted by molar-refractivity contribution is -0.170. The molecule has 4 nitrogen and oxygen atoms in total. The van der Waals surface area contributed by atoms with Crippen LogP contribution in [0.5, 0.6) is 0 Å². The van der Waals surface area contributed by atoms with E-state index in [0.29, 0.717) is 18.9 Å². The molecular weight excluding hydrogens is 268 g/mol. The van der Waals surface area contributed by atoms with Crippen LogP contribution in [0.3, 0.4) is 0 Å². The lowest BCUT2D eigenvalue weighted by Gasteiger charge is -2.24. The van der Waals surface area contributed by atoms with Gasteiger partial charge in [-0.3, -0.25) is 9.59 Å². The molecule has 0 aromatic carbocycles. The SMILES string of the molecule is CC(C)COC(=O)C(CC1CCCC1)C(=O)OC(C)(C)C. The van der Waals surface area contributed by atoms with Crippen molar-refractivity contribution in [3.8, 4) is 0 Å². The summed E-state index contributed by atoms with van der Waals surface area (Å²) in [6.45, 7) is 9.76. The van der Waals surface area contributed by atoms with Crippen LogP contribution in [0.4, 0.5) is 0 Å². The molecule has 0 amide bonds. The maximum absolute atomic E-state index is 12.3. The normalized spacial score (nSPS) is 17.8. The number of esters is 2. The van der Waals surface area contributed by atoms with Crippen LogP contribution in [0.25, 0.3) is 0 Å². The zero-order valence-corrected chi connectivity index (χ0v) is 14.1. The van der Waals surface area contributed by atoms with Gasteiger partial charge in [0.25, 0.3) is 0 Å². The Morgan fingerprint density at radius 3 is 2.14 bits per heavy atom. The number of carbonyl (C=O) groups is 2. The molecule has 1 aliphatic rings. The first-order chi connectivity index (χ1) is 9.69. The van der Waals surface area contributed by atoms with Crippen molar-refractivity contribution >= 4 is 11.9 Å². The van der Waals surface area contributed by atoms with E-state index >= 15 is 0 Å². The van der Waals surface area contributed by atoms with E-state index in [1.54, 1.807) is 0 Å². The summed E-state index contributed by atoms with van der Waals surface area (Å²) in [5.74, 6) is -0.937. The molecule has 1 atom stereocenters. The molecule has 1 aliphatic carbocycles. The topological polar surface area (TPSA) is 52.6 Å². The second-order valence-electron chi connectivity index (χ2n) is 7.50. The van der Waals surface area contributed by atoms with Gasteiger partial charge in [0, 0.05) is 0 Å². The Hall–Kier alpha value is -1.06. The molecule has 1 rings (SSSR count). The molecule has 0 aromatic heterocycles. The van der Waals surface area contributed by atoms with E-state index in [-0.39, 0.29) is 5.92 Å². The third-order valence-electron chi connectivity index (χ3n) is 3.58. The number of rotatable bonds is 6. The standard InChI is InChI=1S/C17H30O4/c1-12(2)11-20-15(18)14(10-13-8-6-7-9-13)16(19)21-17(3,4)5/h12-14H,6-11H2,1-5H3. The molecule has 0 heterocycles. The van der Waals surface area contributed by atoms with Gasteiger partial charge < -0.3 is 9.47 Å². The molecule has 21 heavy (non-hydrogen) atoms. The molecule has 0 aromatic rings. The molecule has 122 valence electrons. The molecule has 0 aliphatic heterocycles. The van der Waals surface area contributed by atoms with Crippen LogP contribution in [-0.2, 0) is 19.1 Å². The maximum atomic E-state index is 12.3. The van der Waals surface area contributed by atoms with Crippen LogP contribution in [0.1, 0.15) is 66.7 Å². The second kappa shape index (κ2) is 7.81. The molecule has 1 saturated carbocycles. The number of hydrogen-bond donors (Lipinski definition) is 0. The Kier molecular flexibility index (Phi) is 6.69. The van der Waals surface area contributed by atoms with Gasteiger partial charge in [0.15, 0.2) is 5.92 Å². The van der Waals surface area contributed by atoms with E-state index in [0.717, 1.165) is 12.8 Å². The molecule has 1 fully saturated rings. The van der Waals surface area contributed by atoms with Gasteiger partial charge in [-0.25, -0.2) is 0 Å². The van der Waals surface area contributed by atoms with Crippen molar-refractivity contribution in [1.82, 2.24) is 0 Å². The Morgan fingerprint density at radius 1 is 1.10 bits per heavy atom. The van der Waals surface area contributed by atoms with Gasteiger partial charge in [0.2, 0.25) is 0 Å². The summed E-state index contributed by atoms with van der Waals surface area (Å²) >= 11 is 0. The molecule has 0 bridgehead atoms. The highest BCUT2D eigenvalue weighted by molar-refractivity contribution is 5.95. The summed E-state index contributed by atoms with van der Waals surface area (Å²) in [7, 11) is 0. The van der Waals surface area contributed by atoms with Crippen molar-refractivity contribution < 1.29 is 19.1 Å². The fraction of sp³-hybridized carbons (Fsp3) is 0.882. The minimum atomic E-state index is -0.772. The van der Waals surface area contributed by atoms with Crippen molar-refractivity contribution in [2.75, 3.05) is 6.61 Å². The lowest BCUT2D eigenvalue weighted by atomic mass is 9.93. The summed E-state index contributed by atoms with van der Waals surface area (Å²) < 4.78 is 10.7. The number of ether oxygens (including phenoxy) is 2. The summed E-state index contributed by atoms with van der Waals surface area (Å²) in [6.07, 6.45) is 5.12. The van der Waals surface area contributed by atoms with Gasteiger partial charge in [-0.05, 0) is 39.0 Å². The fourth-order valence-electron chi connectivity index (χ4n) is 2.59. The van der Waals surface area contributed by atoms with Crippen LogP contribution in [0.15, 0.2) is 0 Å². The smallest absolute Gasteiger partial charge is 0.320 e. The van der Waals surface area contributed by atoms with E-state index in [4.69, 9.17) is 9.47 Å². The van der Waals surface area contributed by atoms with Gasteiger partial charge in [-0.1, -0.05) is 39.5 Å². The van der Waals surface area contributed by atoms with Gasteiger partial charge in [-0.2, -0.15) is 0 Å². The van der Waals surface area contributed by atoms with Crippen LogP contribution in [0, 0.1) is 17.8 Å². The van der Waals surface area contributed by atoms with E-state index in [1.807, 2.05) is 34.6 Å². The summed E-state index contributed by atoms with van der Waals surface area (Å²) in [5.41, 5.74) is -0.580. The minimum absolute atomic E-state index is 0.264. The average molecular weight is 298 g/mol. The monoisotopic (exact) mass is 298 g/mol. The van der Waals surface area contributed by atoms with Crippen LogP contribution in [0.2, 0.25) is 0 Å². The summed E-state index contributed by atoms with van der Waals surface area (Å²) in [4.78, 5) is 24.5. The Labute approximate surface area is 128 Å². The van der Waals surface area contributed by atoms with Crippen molar-refractivity contribution in [3.63, 3.8) is 0 Å². The van der Waals surface area contributed by atoms with Crippen molar-refractivity contribution in [3.05, 3.63) is 0 Å². The van der Waals surface area contributed by atoms with Crippen molar-refractivity contribution in [1.29, 1.82) is 0 Å². The summed E-state index contributed by atoms with van der Waals surface area (Å²) in [5, 5.41) is 0. The van der Waals surface area contributed by atoms with E-state index in [2.05, 4.69) is 0 Å². The predicted molar refractivity (Wildman–Crippen MR) is 81.7 cm³/mol. The Balaban J connectivity index is 2.67. The van der Waals surface area contributed by atoms with Crippen LogP contribution < -0.4 is 0 Å². The first-order valence-corrected chi connectivity index (χ1v) is 8.08. The first kappa shape index (κ1) is 18.0. The Morgan fingerprint density at radius 2 is 1.67 bits per heavy atom. The highest BCUT2D eigenvalue weighted by atomic mass is 16.6. The van der Waals surface area contributed by atoms with Crippen molar-refractivity contribution in [2.24, 2.45) is 17.8 Å². The first-order valence-electron chi connectivity index (χ1n) is 8.08. The molecular formula is C17H30O4. The predicted octanol–water partition coefficient (Wildman–Crippen LogP) is 3.72. The van der Waals surface area contributed by atoms with Gasteiger partial charge in [-0.15, -0.1) is 0 Å². The molecule has 4 heteroatoms. The fourth-order valence-corrected chi connectivity index (χ4v) is 2.59. The molecule has 0 radical (unpaired) electrons. The quantitative estimate of drug-likeness (QED) is 0.554. The Bertz CT molecular complexity index is 348. The highest BCUT2D eigenvalue weighted by Crippen LogP contribution is 2.31. The van der Waals surface area contributed by atoms with Gasteiger partial charge in [0.1, 0.15) is 5.60 Å². The average Bonchev–Trinajstić information content (AvgIpc) is 2.83. The van der Waals surface area contributed by atoms with Crippen LogP contribution >= 0.6 is 0 Å². The molecule has 0 spiro atoms. The van der Waals surface area contributed by atoms with Gasteiger partial charge in [0.05, 0.1) is 6.61 Å². The van der Waals surface area contributed by atoms with Crippen LogP contribution in [-0.4, -0.2) is 24.1 Å².